The van der Waals surface area contributed by atoms with Gasteiger partial charge >= 0.3 is 6.09 Å². The molecule has 2 saturated heterocycles. The van der Waals surface area contributed by atoms with E-state index in [0.29, 0.717) is 49.0 Å². The number of nitrogens with zero attached hydrogens (tertiary/aromatic N) is 2. The predicted molar refractivity (Wildman–Crippen MR) is 193 cm³/mol. The van der Waals surface area contributed by atoms with Crippen LogP contribution in [-0.2, 0) is 30.7 Å². The first kappa shape index (κ1) is 38.1. The van der Waals surface area contributed by atoms with Gasteiger partial charge < -0.3 is 44.2 Å². The molecule has 6 rings (SSSR count). The van der Waals surface area contributed by atoms with Gasteiger partial charge in [0.1, 0.15) is 11.9 Å². The Hall–Kier alpha value is -4.59. The van der Waals surface area contributed by atoms with E-state index in [2.05, 4.69) is 16.7 Å². The molecule has 14 nitrogen and oxygen atoms in total. The van der Waals surface area contributed by atoms with Crippen LogP contribution in [0.25, 0.3) is 0 Å². The smallest absolute Gasteiger partial charge is 0.407 e. The van der Waals surface area contributed by atoms with Crippen molar-refractivity contribution in [2.45, 2.75) is 62.5 Å². The van der Waals surface area contributed by atoms with Crippen LogP contribution in [0.4, 0.5) is 10.5 Å². The minimum Gasteiger partial charge on any atom is -0.494 e. The fraction of sp³-hybridized carbons (Fsp3) is 0.474. The number of nitrogens with one attached hydrogen (secondary N) is 2. The average Bonchev–Trinajstić information content (AvgIpc) is 3.90. The van der Waals surface area contributed by atoms with Crippen molar-refractivity contribution in [1.29, 1.82) is 5.26 Å². The lowest BCUT2D eigenvalue weighted by Gasteiger charge is -2.31. The Morgan fingerprint density at radius 1 is 1.04 bits per heavy atom. The Labute approximate surface area is 309 Å². The van der Waals surface area contributed by atoms with Crippen LogP contribution in [-0.4, -0.2) is 94.7 Å². The van der Waals surface area contributed by atoms with Crippen LogP contribution in [0.3, 0.4) is 0 Å². The maximum absolute atomic E-state index is 14.0. The zero-order valence-electron chi connectivity index (χ0n) is 29.8. The number of nitriles is 1. The van der Waals surface area contributed by atoms with Crippen LogP contribution in [0, 0.1) is 23.2 Å². The zero-order valence-corrected chi connectivity index (χ0v) is 30.6. The number of anilines is 1. The van der Waals surface area contributed by atoms with E-state index in [4.69, 9.17) is 33.7 Å². The van der Waals surface area contributed by atoms with Crippen LogP contribution >= 0.6 is 0 Å². The molecule has 284 valence electrons. The van der Waals surface area contributed by atoms with Crippen molar-refractivity contribution >= 4 is 21.8 Å². The highest BCUT2D eigenvalue weighted by atomic mass is 32.2. The van der Waals surface area contributed by atoms with Gasteiger partial charge in [-0.05, 0) is 79.3 Å². The molecule has 0 aliphatic carbocycles. The maximum Gasteiger partial charge on any atom is 0.407 e. The minimum absolute atomic E-state index is 0.00369. The summed E-state index contributed by atoms with van der Waals surface area (Å²) in [5.41, 5.74) is 2.31. The highest BCUT2D eigenvalue weighted by Crippen LogP contribution is 2.35. The van der Waals surface area contributed by atoms with Gasteiger partial charge in [0.15, 0.2) is 17.8 Å². The van der Waals surface area contributed by atoms with Crippen molar-refractivity contribution in [3.8, 4) is 23.3 Å². The van der Waals surface area contributed by atoms with Gasteiger partial charge in [0.2, 0.25) is 16.8 Å². The molecule has 0 aromatic heterocycles. The topological polar surface area (TPSA) is 178 Å². The Morgan fingerprint density at radius 3 is 2.57 bits per heavy atom. The van der Waals surface area contributed by atoms with Gasteiger partial charge in [0.25, 0.3) is 0 Å². The van der Waals surface area contributed by atoms with Crippen molar-refractivity contribution in [2.75, 3.05) is 51.6 Å². The molecule has 3 heterocycles. The molecule has 53 heavy (non-hydrogen) atoms. The van der Waals surface area contributed by atoms with Gasteiger partial charge in [0.05, 0.1) is 54.4 Å². The monoisotopic (exact) mass is 750 g/mol. The number of ether oxygens (including phenoxy) is 6. The third kappa shape index (κ3) is 9.89. The maximum atomic E-state index is 14.0. The molecule has 0 radical (unpaired) electrons. The minimum atomic E-state index is -4.08. The average molecular weight is 751 g/mol. The Morgan fingerprint density at radius 2 is 1.81 bits per heavy atom. The van der Waals surface area contributed by atoms with E-state index >= 15 is 0 Å². The van der Waals surface area contributed by atoms with E-state index in [0.717, 1.165) is 17.7 Å². The standard InChI is InChI=1S/C38H46N4O10S/c1-25(2)21-42(53(45,46)30-12-13-34-35(19-30)51-24-50-34)22-33(43)32(41-38(44)52-36-23-49-37-31(36)14-17-48-37)18-26-6-10-29(11-7-26)47-16-3-15-40-28-8-4-27(20-39)5-9-28/h4-13,19,25,31-33,36-37,40,43H,3,14-18,21-24H2,1-2H3,(H,41,44). The summed E-state index contributed by atoms with van der Waals surface area (Å²) < 4.78 is 62.8. The molecule has 5 unspecified atom stereocenters. The van der Waals surface area contributed by atoms with Gasteiger partial charge in [-0.25, -0.2) is 13.2 Å². The van der Waals surface area contributed by atoms with E-state index in [1.807, 2.05) is 50.2 Å². The number of carbonyl (C=O) groups is 1. The summed E-state index contributed by atoms with van der Waals surface area (Å²) >= 11 is 0. The number of hydrogen-bond acceptors (Lipinski definition) is 12. The fourth-order valence-electron chi connectivity index (χ4n) is 6.49. The van der Waals surface area contributed by atoms with E-state index < -0.39 is 40.7 Å². The highest BCUT2D eigenvalue weighted by Gasteiger charge is 2.44. The van der Waals surface area contributed by atoms with Gasteiger partial charge in [-0.1, -0.05) is 26.0 Å². The number of hydrogen-bond donors (Lipinski definition) is 3. The molecule has 3 aromatic rings. The van der Waals surface area contributed by atoms with Crippen LogP contribution < -0.4 is 24.8 Å². The Balaban J connectivity index is 1.11. The summed E-state index contributed by atoms with van der Waals surface area (Å²) in [4.78, 5) is 13.3. The molecule has 3 aliphatic rings. The van der Waals surface area contributed by atoms with E-state index in [9.17, 15) is 18.3 Å². The summed E-state index contributed by atoms with van der Waals surface area (Å²) in [7, 11) is -4.08. The molecule has 15 heteroatoms. The molecule has 3 aliphatic heterocycles. The van der Waals surface area contributed by atoms with E-state index in [-0.39, 0.29) is 49.6 Å². The summed E-state index contributed by atoms with van der Waals surface area (Å²) in [5, 5.41) is 26.8. The van der Waals surface area contributed by atoms with Crippen LogP contribution in [0.5, 0.6) is 17.2 Å². The first-order valence-corrected chi connectivity index (χ1v) is 19.3. The fourth-order valence-corrected chi connectivity index (χ4v) is 8.12. The van der Waals surface area contributed by atoms with Gasteiger partial charge in [-0.15, -0.1) is 0 Å². The highest BCUT2D eigenvalue weighted by molar-refractivity contribution is 7.89. The molecule has 0 bridgehead atoms. The molecule has 5 atom stereocenters. The Kier molecular flexibility index (Phi) is 12.6. The second-order valence-corrected chi connectivity index (χ2v) is 15.6. The van der Waals surface area contributed by atoms with Crippen LogP contribution in [0.15, 0.2) is 71.6 Å². The van der Waals surface area contributed by atoms with Crippen molar-refractivity contribution in [2.24, 2.45) is 11.8 Å². The number of aliphatic hydroxyl groups excluding tert-OH is 1. The van der Waals surface area contributed by atoms with Crippen molar-refractivity contribution in [3.63, 3.8) is 0 Å². The molecule has 1 amide bonds. The summed E-state index contributed by atoms with van der Waals surface area (Å²) in [6.07, 6.45) is -1.32. The van der Waals surface area contributed by atoms with Crippen molar-refractivity contribution in [3.05, 3.63) is 77.9 Å². The number of alkyl carbamates (subject to hydrolysis) is 1. The number of amides is 1. The molecule has 0 spiro atoms. The Bertz CT molecular complexity index is 1830. The summed E-state index contributed by atoms with van der Waals surface area (Å²) in [6.45, 7) is 5.51. The van der Waals surface area contributed by atoms with Crippen molar-refractivity contribution in [1.82, 2.24) is 9.62 Å². The van der Waals surface area contributed by atoms with Gasteiger partial charge in [-0.2, -0.15) is 9.57 Å². The third-order valence-electron chi connectivity index (χ3n) is 9.26. The summed E-state index contributed by atoms with van der Waals surface area (Å²) in [5.74, 6) is 1.31. The van der Waals surface area contributed by atoms with Gasteiger partial charge in [-0.3, -0.25) is 0 Å². The largest absolute Gasteiger partial charge is 0.494 e. The predicted octanol–water partition coefficient (Wildman–Crippen LogP) is 4.27. The number of fused-ring (bicyclic) bond motifs is 2. The van der Waals surface area contributed by atoms with Crippen LogP contribution in [0.2, 0.25) is 0 Å². The first-order chi connectivity index (χ1) is 25.6. The normalized spacial score (nSPS) is 20.1. The van der Waals surface area contributed by atoms with Gasteiger partial charge in [0, 0.05) is 31.4 Å². The quantitative estimate of drug-likeness (QED) is 0.167. The van der Waals surface area contributed by atoms with E-state index in [1.54, 1.807) is 18.2 Å². The van der Waals surface area contributed by atoms with E-state index in [1.165, 1.54) is 16.4 Å². The molecule has 3 aromatic carbocycles. The molecule has 2 fully saturated rings. The SMILES string of the molecule is CC(C)CN(CC(O)C(Cc1ccc(OCCCNc2ccc(C#N)cc2)cc1)NC(=O)OC1COC2OCCC12)S(=O)(=O)c1ccc2c(c1)OCO2. The lowest BCUT2D eigenvalue weighted by molar-refractivity contribution is -0.0907. The lowest BCUT2D eigenvalue weighted by Crippen LogP contribution is -2.51. The molecular weight excluding hydrogens is 705 g/mol. The zero-order chi connectivity index (χ0) is 37.4. The molecule has 3 N–H and O–H groups in total. The number of aliphatic hydroxyl groups is 1. The molecular formula is C38H46N4O10S. The number of carbonyl (C=O) groups excluding carboxylic acids is 1. The second kappa shape index (κ2) is 17.5. The number of benzene rings is 3. The van der Waals surface area contributed by atoms with Crippen LogP contribution in [0.1, 0.15) is 37.8 Å². The summed E-state index contributed by atoms with van der Waals surface area (Å²) in [6, 6.07) is 20.2. The molecule has 0 saturated carbocycles. The third-order valence-corrected chi connectivity index (χ3v) is 11.1. The number of sulfonamides is 1. The van der Waals surface area contributed by atoms with Crippen molar-refractivity contribution < 1.29 is 46.7 Å². The lowest BCUT2D eigenvalue weighted by atomic mass is 10.0. The number of rotatable bonds is 17. The first-order valence-electron chi connectivity index (χ1n) is 17.8. The second-order valence-electron chi connectivity index (χ2n) is 13.7.